The summed E-state index contributed by atoms with van der Waals surface area (Å²) in [7, 11) is 3.10. The molecule has 180 valence electrons. The normalized spacial score (nSPS) is 23.8. The number of nitrogens with zero attached hydrogens (tertiary/aromatic N) is 2. The summed E-state index contributed by atoms with van der Waals surface area (Å²) in [6, 6.07) is 22.3. The zero-order valence-corrected chi connectivity index (χ0v) is 19.9. The molecule has 3 aromatic carbocycles. The van der Waals surface area contributed by atoms with Gasteiger partial charge < -0.3 is 20.1 Å². The van der Waals surface area contributed by atoms with Crippen molar-refractivity contribution in [3.05, 3.63) is 95.6 Å². The molecule has 0 bridgehead atoms. The van der Waals surface area contributed by atoms with Crippen LogP contribution in [0.5, 0.6) is 11.5 Å². The van der Waals surface area contributed by atoms with Gasteiger partial charge in [-0.1, -0.05) is 54.6 Å². The number of hydrogen-bond donors (Lipinski definition) is 1. The number of ketones is 1. The number of hydrogen-bond acceptors (Lipinski definition) is 6. The lowest BCUT2D eigenvalue weighted by atomic mass is 9.67. The summed E-state index contributed by atoms with van der Waals surface area (Å²) in [5, 5.41) is 10.6. The first-order chi connectivity index (χ1) is 17.5. The van der Waals surface area contributed by atoms with E-state index >= 15 is 0 Å². The topological polar surface area (TPSA) is 106 Å². The molecule has 0 aromatic heterocycles. The summed E-state index contributed by atoms with van der Waals surface area (Å²) in [5.41, 5.74) is 7.05. The van der Waals surface area contributed by atoms with Crippen LogP contribution in [0.25, 0.3) is 6.08 Å². The maximum Gasteiger partial charge on any atom is 0.241 e. The number of carbonyl (C=O) groups excluding carboxylic acids is 2. The Bertz CT molecular complexity index is 1410. The molecule has 0 saturated carbocycles. The van der Waals surface area contributed by atoms with Crippen LogP contribution in [0.3, 0.4) is 0 Å². The third-order valence-electron chi connectivity index (χ3n) is 7.24. The highest BCUT2D eigenvalue weighted by Gasteiger charge is 2.65. The molecule has 0 unspecified atom stereocenters. The Labute approximate surface area is 209 Å². The number of carbonyl (C=O) groups is 2. The maximum absolute atomic E-state index is 14.3. The highest BCUT2D eigenvalue weighted by Crippen LogP contribution is 2.55. The summed E-state index contributed by atoms with van der Waals surface area (Å²) in [4.78, 5) is 29.4. The summed E-state index contributed by atoms with van der Waals surface area (Å²) in [6.07, 6.45) is 3.70. The molecule has 0 radical (unpaired) electrons. The van der Waals surface area contributed by atoms with E-state index in [1.165, 1.54) is 7.11 Å². The first-order valence-corrected chi connectivity index (χ1v) is 11.5. The lowest BCUT2D eigenvalue weighted by Crippen LogP contribution is -2.49. The number of methoxy groups -OCH3 is 2. The largest absolute Gasteiger partial charge is 0.497 e. The van der Waals surface area contributed by atoms with Gasteiger partial charge in [0.2, 0.25) is 5.91 Å². The van der Waals surface area contributed by atoms with Crippen LogP contribution >= 0.6 is 0 Å². The fourth-order valence-electron chi connectivity index (χ4n) is 5.56. The van der Waals surface area contributed by atoms with E-state index in [9.17, 15) is 14.9 Å². The Morgan fingerprint density at radius 1 is 0.972 bits per heavy atom. The van der Waals surface area contributed by atoms with E-state index in [1.807, 2.05) is 41.3 Å². The molecule has 2 N–H and O–H groups in total. The number of nitriles is 1. The van der Waals surface area contributed by atoms with E-state index in [4.69, 9.17) is 15.2 Å². The molecule has 5 rings (SSSR count). The average Bonchev–Trinajstić information content (AvgIpc) is 3.24. The molecule has 3 aromatic rings. The van der Waals surface area contributed by atoms with Crippen LogP contribution in [-0.2, 0) is 4.79 Å². The summed E-state index contributed by atoms with van der Waals surface area (Å²) < 4.78 is 10.7. The molecule has 0 aliphatic carbocycles. The molecule has 2 aliphatic rings. The number of ether oxygens (including phenoxy) is 2. The van der Waals surface area contributed by atoms with E-state index in [0.717, 1.165) is 11.3 Å². The summed E-state index contributed by atoms with van der Waals surface area (Å²) >= 11 is 0. The summed E-state index contributed by atoms with van der Waals surface area (Å²) in [6.45, 7) is 0. The van der Waals surface area contributed by atoms with Crippen molar-refractivity contribution < 1.29 is 19.1 Å². The van der Waals surface area contributed by atoms with Gasteiger partial charge in [0, 0.05) is 17.2 Å². The van der Waals surface area contributed by atoms with Crippen molar-refractivity contribution in [2.45, 2.75) is 18.0 Å². The van der Waals surface area contributed by atoms with Gasteiger partial charge in [-0.05, 0) is 41.5 Å². The summed E-state index contributed by atoms with van der Waals surface area (Å²) in [5.74, 6) is -0.687. The lowest BCUT2D eigenvalue weighted by Gasteiger charge is -2.36. The van der Waals surface area contributed by atoms with E-state index in [0.29, 0.717) is 22.6 Å². The first-order valence-electron chi connectivity index (χ1n) is 11.5. The highest BCUT2D eigenvalue weighted by molar-refractivity contribution is 6.06. The first kappa shape index (κ1) is 23.2. The van der Waals surface area contributed by atoms with Crippen molar-refractivity contribution in [3.63, 3.8) is 0 Å². The third-order valence-corrected chi connectivity index (χ3v) is 7.24. The second-order valence-corrected chi connectivity index (χ2v) is 8.91. The number of benzene rings is 3. The van der Waals surface area contributed by atoms with Crippen molar-refractivity contribution in [1.29, 1.82) is 5.26 Å². The van der Waals surface area contributed by atoms with Crippen LogP contribution in [0.4, 0.5) is 5.69 Å². The van der Waals surface area contributed by atoms with E-state index in [-0.39, 0.29) is 5.78 Å². The standard InChI is InChI=1S/C29H25N3O4/c1-35-21-13-10-19(11-14-21)25-26(27(33)20-7-5-8-22(16-20)36-2)32-23-9-4-3-6-18(23)12-15-24(32)29(25,17-30)28(31)34/h3-16,24-26H,1-2H3,(H2,31,34)/t24-,25+,26-,29-/m1/s1. The molecule has 7 heteroatoms. The van der Waals surface area contributed by atoms with Crippen LogP contribution in [-0.4, -0.2) is 38.0 Å². The van der Waals surface area contributed by atoms with Gasteiger partial charge in [0.25, 0.3) is 0 Å². The Balaban J connectivity index is 1.78. The highest BCUT2D eigenvalue weighted by atomic mass is 16.5. The number of primary amides is 1. The molecule has 36 heavy (non-hydrogen) atoms. The molecule has 1 fully saturated rings. The van der Waals surface area contributed by atoms with Gasteiger partial charge in [-0.3, -0.25) is 9.59 Å². The van der Waals surface area contributed by atoms with Crippen LogP contribution in [0.1, 0.15) is 27.4 Å². The number of anilines is 1. The second kappa shape index (κ2) is 8.90. The third kappa shape index (κ3) is 3.34. The number of para-hydroxylation sites is 1. The molecule has 4 atom stereocenters. The molecule has 2 aliphatic heterocycles. The number of Topliss-reactive ketones (excluding diaryl/α,β-unsaturated/α-hetero) is 1. The quantitative estimate of drug-likeness (QED) is 0.537. The number of nitrogens with two attached hydrogens (primary N) is 1. The number of amides is 1. The predicted octanol–water partition coefficient (Wildman–Crippen LogP) is 3.95. The van der Waals surface area contributed by atoms with E-state index in [1.54, 1.807) is 55.6 Å². The maximum atomic E-state index is 14.3. The molecule has 7 nitrogen and oxygen atoms in total. The second-order valence-electron chi connectivity index (χ2n) is 8.91. The Kier molecular flexibility index (Phi) is 5.73. The average molecular weight is 480 g/mol. The Morgan fingerprint density at radius 2 is 1.69 bits per heavy atom. The molecule has 0 spiro atoms. The van der Waals surface area contributed by atoms with Crippen molar-refractivity contribution in [3.8, 4) is 17.6 Å². The Hall–Kier alpha value is -4.57. The van der Waals surface area contributed by atoms with Crippen LogP contribution < -0.4 is 20.1 Å². The van der Waals surface area contributed by atoms with E-state index in [2.05, 4.69) is 6.07 Å². The SMILES string of the molecule is COc1ccc([C@H]2[C@H](C(=O)c3cccc(OC)c3)N3c4ccccc4C=C[C@@H]3[C@@]2(C#N)C(N)=O)cc1. The molecule has 1 amide bonds. The smallest absolute Gasteiger partial charge is 0.241 e. The molecule has 2 heterocycles. The minimum Gasteiger partial charge on any atom is -0.497 e. The van der Waals surface area contributed by atoms with E-state index < -0.39 is 29.3 Å². The fraction of sp³-hybridized carbons (Fsp3) is 0.207. The zero-order valence-electron chi connectivity index (χ0n) is 19.9. The van der Waals surface area contributed by atoms with Gasteiger partial charge in [-0.2, -0.15) is 5.26 Å². The van der Waals surface area contributed by atoms with Gasteiger partial charge >= 0.3 is 0 Å². The van der Waals surface area contributed by atoms with Crippen molar-refractivity contribution in [1.82, 2.24) is 0 Å². The monoisotopic (exact) mass is 479 g/mol. The van der Waals surface area contributed by atoms with Gasteiger partial charge in [-0.15, -0.1) is 0 Å². The van der Waals surface area contributed by atoms with Crippen LogP contribution in [0.15, 0.2) is 78.9 Å². The number of rotatable bonds is 6. The predicted molar refractivity (Wildman–Crippen MR) is 136 cm³/mol. The molecular weight excluding hydrogens is 454 g/mol. The van der Waals surface area contributed by atoms with Gasteiger partial charge in [-0.25, -0.2) is 0 Å². The minimum absolute atomic E-state index is 0.233. The lowest BCUT2D eigenvalue weighted by molar-refractivity contribution is -0.125. The minimum atomic E-state index is -1.70. The molecular formula is C29H25N3O4. The Morgan fingerprint density at radius 3 is 2.36 bits per heavy atom. The fourth-order valence-corrected chi connectivity index (χ4v) is 5.56. The van der Waals surface area contributed by atoms with Gasteiger partial charge in [0.05, 0.1) is 26.3 Å². The van der Waals surface area contributed by atoms with Gasteiger partial charge in [0.15, 0.2) is 11.2 Å². The van der Waals surface area contributed by atoms with Crippen molar-refractivity contribution >= 4 is 23.5 Å². The molecule has 1 saturated heterocycles. The number of fused-ring (bicyclic) bond motifs is 3. The van der Waals surface area contributed by atoms with Crippen molar-refractivity contribution in [2.24, 2.45) is 11.1 Å². The van der Waals surface area contributed by atoms with Crippen LogP contribution in [0, 0.1) is 16.7 Å². The van der Waals surface area contributed by atoms with Crippen molar-refractivity contribution in [2.75, 3.05) is 19.1 Å². The zero-order chi connectivity index (χ0) is 25.4. The van der Waals surface area contributed by atoms with Gasteiger partial charge in [0.1, 0.15) is 17.5 Å². The van der Waals surface area contributed by atoms with Crippen LogP contribution in [0.2, 0.25) is 0 Å².